The van der Waals surface area contributed by atoms with Gasteiger partial charge in [-0.05, 0) is 12.5 Å². The highest BCUT2D eigenvalue weighted by Crippen LogP contribution is 2.33. The molecular formula is C24H29N5O4. The highest BCUT2D eigenvalue weighted by Gasteiger charge is 2.27. The number of rotatable bonds is 7. The average molecular weight is 452 g/mol. The first-order chi connectivity index (χ1) is 16.1. The lowest BCUT2D eigenvalue weighted by Gasteiger charge is -2.27. The van der Waals surface area contributed by atoms with Crippen LogP contribution in [0.25, 0.3) is 22.2 Å². The molecule has 1 N–H and O–H groups in total. The van der Waals surface area contributed by atoms with E-state index in [9.17, 15) is 9.59 Å². The molecule has 5 rings (SSSR count). The Balaban J connectivity index is 1.24. The molecule has 0 saturated carbocycles. The Labute approximate surface area is 192 Å². The van der Waals surface area contributed by atoms with Gasteiger partial charge in [-0.3, -0.25) is 14.5 Å². The largest absolute Gasteiger partial charge is 0.376 e. The van der Waals surface area contributed by atoms with Crippen molar-refractivity contribution in [3.63, 3.8) is 0 Å². The van der Waals surface area contributed by atoms with Crippen molar-refractivity contribution in [2.75, 3.05) is 37.8 Å². The van der Waals surface area contributed by atoms with Crippen molar-refractivity contribution in [2.45, 2.75) is 31.9 Å². The molecule has 1 aromatic carbocycles. The van der Waals surface area contributed by atoms with E-state index in [-0.39, 0.29) is 17.9 Å². The van der Waals surface area contributed by atoms with Crippen LogP contribution in [0.5, 0.6) is 0 Å². The summed E-state index contributed by atoms with van der Waals surface area (Å²) in [6, 6.07) is 10.2. The Hall–Kier alpha value is -3.17. The van der Waals surface area contributed by atoms with Crippen molar-refractivity contribution in [2.24, 2.45) is 7.05 Å². The van der Waals surface area contributed by atoms with E-state index in [2.05, 4.69) is 28.2 Å². The van der Waals surface area contributed by atoms with E-state index in [1.165, 1.54) is 0 Å². The number of aryl methyl sites for hydroxylation is 2. The molecule has 9 nitrogen and oxygen atoms in total. The lowest BCUT2D eigenvalue weighted by atomic mass is 10.1. The number of aromatic nitrogens is 3. The molecule has 4 heterocycles. The van der Waals surface area contributed by atoms with Gasteiger partial charge in [0.25, 0.3) is 0 Å². The number of amides is 2. The predicted octanol–water partition coefficient (Wildman–Crippen LogP) is 2.09. The quantitative estimate of drug-likeness (QED) is 0.594. The number of benzene rings is 1. The van der Waals surface area contributed by atoms with Gasteiger partial charge in [0.1, 0.15) is 5.82 Å². The average Bonchev–Trinajstić information content (AvgIpc) is 3.41. The number of nitrogens with zero attached hydrogens (tertiary/aromatic N) is 4. The van der Waals surface area contributed by atoms with E-state index < -0.39 is 0 Å². The number of carbonyl (C=O) groups is 2. The molecule has 2 aliphatic heterocycles. The van der Waals surface area contributed by atoms with Crippen molar-refractivity contribution >= 4 is 28.5 Å². The van der Waals surface area contributed by atoms with Gasteiger partial charge >= 0.3 is 0 Å². The Kier molecular flexibility index (Phi) is 6.15. The van der Waals surface area contributed by atoms with Crippen molar-refractivity contribution < 1.29 is 19.1 Å². The van der Waals surface area contributed by atoms with Gasteiger partial charge in [-0.25, -0.2) is 4.68 Å². The molecular weight excluding hydrogens is 422 g/mol. The molecule has 0 unspecified atom stereocenters. The molecule has 1 atom stereocenters. The minimum Gasteiger partial charge on any atom is -0.376 e. The highest BCUT2D eigenvalue weighted by atomic mass is 16.6. The summed E-state index contributed by atoms with van der Waals surface area (Å²) in [5.41, 5.74) is 3.05. The van der Waals surface area contributed by atoms with Crippen LogP contribution in [-0.4, -0.2) is 65.2 Å². The summed E-state index contributed by atoms with van der Waals surface area (Å²) in [7, 11) is 2.02. The summed E-state index contributed by atoms with van der Waals surface area (Å²) in [5, 5.41) is 8.83. The van der Waals surface area contributed by atoms with Crippen LogP contribution in [0.4, 0.5) is 5.82 Å². The molecule has 2 amide bonds. The maximum Gasteiger partial charge on any atom is 0.229 e. The second-order valence-corrected chi connectivity index (χ2v) is 8.55. The Morgan fingerprint density at radius 2 is 2.15 bits per heavy atom. The standard InChI is InChI=1S/C24H29N5O4/c1-27-15-19(18-5-2-3-6-21(18)27)20-13-23-28(24(31)8-10-29(23)26-20)9-4-7-22(30)25-14-17-16-32-11-12-33-17/h2-3,5-6,13,15,17H,4,7-12,14,16H2,1H3,(H,25,30)/t17-/m1/s1. The molecule has 0 radical (unpaired) electrons. The van der Waals surface area contributed by atoms with Crippen molar-refractivity contribution in [1.82, 2.24) is 19.7 Å². The third-order valence-corrected chi connectivity index (χ3v) is 6.24. The van der Waals surface area contributed by atoms with E-state index >= 15 is 0 Å². The number of hydrogen-bond donors (Lipinski definition) is 1. The lowest BCUT2D eigenvalue weighted by Crippen LogP contribution is -2.40. The zero-order valence-electron chi connectivity index (χ0n) is 18.8. The van der Waals surface area contributed by atoms with Gasteiger partial charge in [0, 0.05) is 61.7 Å². The first kappa shape index (κ1) is 21.7. The molecule has 174 valence electrons. The van der Waals surface area contributed by atoms with E-state index in [1.807, 2.05) is 29.9 Å². The summed E-state index contributed by atoms with van der Waals surface area (Å²) in [6.07, 6.45) is 3.33. The van der Waals surface area contributed by atoms with E-state index in [1.54, 1.807) is 4.90 Å². The van der Waals surface area contributed by atoms with Gasteiger partial charge in [0.05, 0.1) is 38.2 Å². The summed E-state index contributed by atoms with van der Waals surface area (Å²) in [6.45, 7) is 3.17. The van der Waals surface area contributed by atoms with E-state index in [0.29, 0.717) is 58.7 Å². The van der Waals surface area contributed by atoms with Gasteiger partial charge in [-0.15, -0.1) is 0 Å². The number of anilines is 1. The van der Waals surface area contributed by atoms with Gasteiger partial charge in [0.15, 0.2) is 0 Å². The smallest absolute Gasteiger partial charge is 0.229 e. The molecule has 1 saturated heterocycles. The lowest BCUT2D eigenvalue weighted by molar-refractivity contribution is -0.124. The second kappa shape index (κ2) is 9.36. The Morgan fingerprint density at radius 3 is 3.00 bits per heavy atom. The molecule has 9 heteroatoms. The Morgan fingerprint density at radius 1 is 1.27 bits per heavy atom. The SMILES string of the molecule is Cn1cc(-c2cc3n(n2)CCC(=O)N3CCCC(=O)NC[C@@H]2COCCO2)c2ccccc21. The number of para-hydroxylation sites is 1. The molecule has 0 aliphatic carbocycles. The first-order valence-corrected chi connectivity index (χ1v) is 11.5. The van der Waals surface area contributed by atoms with Crippen LogP contribution in [0.1, 0.15) is 19.3 Å². The maximum atomic E-state index is 12.7. The van der Waals surface area contributed by atoms with E-state index in [0.717, 1.165) is 28.0 Å². The normalized spacial score (nSPS) is 18.5. The summed E-state index contributed by atoms with van der Waals surface area (Å²) < 4.78 is 14.9. The molecule has 0 spiro atoms. The van der Waals surface area contributed by atoms with Crippen LogP contribution in [0.2, 0.25) is 0 Å². The monoisotopic (exact) mass is 451 g/mol. The van der Waals surface area contributed by atoms with Gasteiger partial charge in [-0.2, -0.15) is 5.10 Å². The zero-order chi connectivity index (χ0) is 22.8. The fraction of sp³-hybridized carbons (Fsp3) is 0.458. The van der Waals surface area contributed by atoms with Gasteiger partial charge < -0.3 is 19.4 Å². The highest BCUT2D eigenvalue weighted by molar-refractivity contribution is 5.98. The molecule has 33 heavy (non-hydrogen) atoms. The number of carbonyl (C=O) groups excluding carboxylic acids is 2. The molecule has 2 aromatic heterocycles. The fourth-order valence-electron chi connectivity index (χ4n) is 4.54. The topological polar surface area (TPSA) is 90.6 Å². The Bertz CT molecular complexity index is 1160. The van der Waals surface area contributed by atoms with Crippen LogP contribution in [0, 0.1) is 0 Å². The van der Waals surface area contributed by atoms with Crippen LogP contribution < -0.4 is 10.2 Å². The minimum absolute atomic E-state index is 0.0430. The van der Waals surface area contributed by atoms with Gasteiger partial charge in [0.2, 0.25) is 11.8 Å². The number of ether oxygens (including phenoxy) is 2. The predicted molar refractivity (Wildman–Crippen MR) is 124 cm³/mol. The number of nitrogens with one attached hydrogen (secondary N) is 1. The van der Waals surface area contributed by atoms with Crippen LogP contribution in [0.15, 0.2) is 36.5 Å². The van der Waals surface area contributed by atoms with Crippen molar-refractivity contribution in [3.8, 4) is 11.3 Å². The number of fused-ring (bicyclic) bond motifs is 2. The minimum atomic E-state index is -0.0896. The summed E-state index contributed by atoms with van der Waals surface area (Å²) in [5.74, 6) is 0.820. The molecule has 2 aliphatic rings. The van der Waals surface area contributed by atoms with Crippen molar-refractivity contribution in [1.29, 1.82) is 0 Å². The first-order valence-electron chi connectivity index (χ1n) is 11.5. The van der Waals surface area contributed by atoms with Crippen LogP contribution >= 0.6 is 0 Å². The van der Waals surface area contributed by atoms with Crippen LogP contribution in [-0.2, 0) is 32.7 Å². The molecule has 1 fully saturated rings. The summed E-state index contributed by atoms with van der Waals surface area (Å²) in [4.78, 5) is 26.7. The fourth-order valence-corrected chi connectivity index (χ4v) is 4.54. The number of hydrogen-bond acceptors (Lipinski definition) is 5. The van der Waals surface area contributed by atoms with Gasteiger partial charge in [-0.1, -0.05) is 18.2 Å². The maximum absolute atomic E-state index is 12.7. The van der Waals surface area contributed by atoms with Crippen molar-refractivity contribution in [3.05, 3.63) is 36.5 Å². The zero-order valence-corrected chi connectivity index (χ0v) is 18.8. The summed E-state index contributed by atoms with van der Waals surface area (Å²) >= 11 is 0. The molecule has 0 bridgehead atoms. The third-order valence-electron chi connectivity index (χ3n) is 6.24. The molecule has 3 aromatic rings. The van der Waals surface area contributed by atoms with Crippen LogP contribution in [0.3, 0.4) is 0 Å². The second-order valence-electron chi connectivity index (χ2n) is 8.55. The third kappa shape index (κ3) is 4.51. The van der Waals surface area contributed by atoms with E-state index in [4.69, 9.17) is 14.6 Å².